The summed E-state index contributed by atoms with van der Waals surface area (Å²) in [5.74, 6) is 0.0463. The number of benzene rings is 1. The van der Waals surface area contributed by atoms with E-state index in [0.717, 1.165) is 10.2 Å². The summed E-state index contributed by atoms with van der Waals surface area (Å²) in [6.45, 7) is 7.83. The largest absolute Gasteiger partial charge is 0.475 e. The summed E-state index contributed by atoms with van der Waals surface area (Å²) in [6, 6.07) is 7.25. The van der Waals surface area contributed by atoms with Crippen molar-refractivity contribution in [3.63, 3.8) is 0 Å². The Hall–Kier alpha value is -2.25. The van der Waals surface area contributed by atoms with Gasteiger partial charge in [-0.2, -0.15) is 4.68 Å². The molecule has 0 aliphatic carbocycles. The predicted molar refractivity (Wildman–Crippen MR) is 109 cm³/mol. The highest BCUT2D eigenvalue weighted by Crippen LogP contribution is 2.27. The molecule has 1 heterocycles. The second kappa shape index (κ2) is 9.30. The lowest BCUT2D eigenvalue weighted by Crippen LogP contribution is -2.33. The zero-order chi connectivity index (χ0) is 20.9. The van der Waals surface area contributed by atoms with Crippen molar-refractivity contribution in [1.29, 1.82) is 0 Å². The molecular weight excluding hydrogens is 405 g/mol. The van der Waals surface area contributed by atoms with Gasteiger partial charge in [0.25, 0.3) is 11.4 Å². The van der Waals surface area contributed by atoms with Gasteiger partial charge in [0.2, 0.25) is 0 Å². The van der Waals surface area contributed by atoms with Crippen LogP contribution in [-0.2, 0) is 4.74 Å². The van der Waals surface area contributed by atoms with Gasteiger partial charge in [0.05, 0.1) is 12.3 Å². The molecular formula is C19H23Cl2N3O4. The highest BCUT2D eigenvalue weighted by molar-refractivity contribution is 6.42. The van der Waals surface area contributed by atoms with E-state index in [1.54, 1.807) is 32.9 Å². The van der Waals surface area contributed by atoms with Crippen LogP contribution in [0.25, 0.3) is 5.69 Å². The van der Waals surface area contributed by atoms with Gasteiger partial charge in [0.15, 0.2) is 0 Å². The molecule has 0 unspecified atom stereocenters. The Morgan fingerprint density at radius 1 is 1.25 bits per heavy atom. The first-order valence-corrected chi connectivity index (χ1v) is 9.49. The molecule has 0 atom stereocenters. The molecule has 0 aliphatic rings. The molecule has 0 fully saturated rings. The van der Waals surface area contributed by atoms with Crippen LogP contribution in [0.5, 0.6) is 5.88 Å². The zero-order valence-corrected chi connectivity index (χ0v) is 17.7. The number of hydrogen-bond donors (Lipinski definition) is 1. The van der Waals surface area contributed by atoms with Crippen LogP contribution >= 0.6 is 23.2 Å². The highest BCUT2D eigenvalue weighted by atomic mass is 35.5. The van der Waals surface area contributed by atoms with E-state index >= 15 is 0 Å². The molecule has 152 valence electrons. The molecule has 1 aromatic carbocycles. The molecule has 0 radical (unpaired) electrons. The lowest BCUT2D eigenvalue weighted by Gasteiger charge is -2.19. The molecule has 0 saturated carbocycles. The van der Waals surface area contributed by atoms with Crippen molar-refractivity contribution in [3.8, 4) is 11.6 Å². The van der Waals surface area contributed by atoms with E-state index in [9.17, 15) is 9.59 Å². The van der Waals surface area contributed by atoms with Gasteiger partial charge in [-0.05, 0) is 51.8 Å². The lowest BCUT2D eigenvalue weighted by atomic mass is 10.2. The molecule has 1 aromatic heterocycles. The lowest BCUT2D eigenvalue weighted by molar-refractivity contribution is 0.0525. The first-order chi connectivity index (χ1) is 13.1. The molecule has 0 aliphatic heterocycles. The number of nitrogens with one attached hydrogen (secondary N) is 1. The minimum Gasteiger partial charge on any atom is -0.475 e. The monoisotopic (exact) mass is 427 g/mol. The summed E-state index contributed by atoms with van der Waals surface area (Å²) in [7, 11) is 0. The van der Waals surface area contributed by atoms with Crippen LogP contribution < -0.4 is 15.6 Å². The fraction of sp³-hybridized carbons (Fsp3) is 0.421. The Morgan fingerprint density at radius 3 is 2.61 bits per heavy atom. The Kier molecular flexibility index (Phi) is 7.32. The van der Waals surface area contributed by atoms with Crippen molar-refractivity contribution < 1.29 is 14.3 Å². The number of nitrogens with zero attached hydrogens (tertiary/aromatic N) is 2. The van der Waals surface area contributed by atoms with Crippen LogP contribution in [0.4, 0.5) is 4.79 Å². The molecule has 0 bridgehead atoms. The molecule has 0 saturated heterocycles. The minimum absolute atomic E-state index is 0.0457. The first-order valence-electron chi connectivity index (χ1n) is 8.73. The molecule has 7 nitrogen and oxygen atoms in total. The van der Waals surface area contributed by atoms with Crippen molar-refractivity contribution in [2.24, 2.45) is 0 Å². The standard InChI is InChI=1S/C19H23Cl2N3O4/c1-12-7-5-8-13(11-12)24-17(25)15(21)14(20)16(23-24)27-10-6-9-22-18(26)28-19(2,3)4/h5,7-8,11H,6,9-10H2,1-4H3,(H,22,26). The number of rotatable bonds is 6. The van der Waals surface area contributed by atoms with Gasteiger partial charge in [-0.15, -0.1) is 5.10 Å². The zero-order valence-electron chi connectivity index (χ0n) is 16.2. The van der Waals surface area contributed by atoms with Crippen LogP contribution in [0.3, 0.4) is 0 Å². The number of carbonyl (C=O) groups is 1. The van der Waals surface area contributed by atoms with E-state index < -0.39 is 17.3 Å². The fourth-order valence-electron chi connectivity index (χ4n) is 2.23. The van der Waals surface area contributed by atoms with E-state index in [4.69, 9.17) is 32.7 Å². The summed E-state index contributed by atoms with van der Waals surface area (Å²) in [5.41, 5.74) is 0.433. The number of aryl methyl sites for hydroxylation is 1. The molecule has 28 heavy (non-hydrogen) atoms. The molecule has 9 heteroatoms. The Labute approximate surface area is 173 Å². The smallest absolute Gasteiger partial charge is 0.407 e. The highest BCUT2D eigenvalue weighted by Gasteiger charge is 2.17. The van der Waals surface area contributed by atoms with E-state index in [1.165, 1.54) is 0 Å². The Morgan fingerprint density at radius 2 is 1.96 bits per heavy atom. The summed E-state index contributed by atoms with van der Waals surface area (Å²) in [6.07, 6.45) is -0.0157. The van der Waals surface area contributed by atoms with Crippen LogP contribution in [-0.4, -0.2) is 34.6 Å². The topological polar surface area (TPSA) is 82.4 Å². The number of carbonyl (C=O) groups excluding carboxylic acids is 1. The molecule has 2 aromatic rings. The van der Waals surface area contributed by atoms with E-state index in [-0.39, 0.29) is 22.5 Å². The Bertz CT molecular complexity index is 907. The van der Waals surface area contributed by atoms with Gasteiger partial charge in [-0.3, -0.25) is 4.79 Å². The maximum atomic E-state index is 12.4. The summed E-state index contributed by atoms with van der Waals surface area (Å²) in [5, 5.41) is 6.59. The number of alkyl carbamates (subject to hydrolysis) is 1. The summed E-state index contributed by atoms with van der Waals surface area (Å²) >= 11 is 12.2. The predicted octanol–water partition coefficient (Wildman–Crippen LogP) is 4.14. The normalized spacial score (nSPS) is 11.2. The average Bonchev–Trinajstić information content (AvgIpc) is 2.59. The van der Waals surface area contributed by atoms with Gasteiger partial charge in [0, 0.05) is 6.54 Å². The fourth-order valence-corrected chi connectivity index (χ4v) is 2.57. The molecule has 0 spiro atoms. The van der Waals surface area contributed by atoms with E-state index in [0.29, 0.717) is 18.7 Å². The van der Waals surface area contributed by atoms with Crippen molar-refractivity contribution in [2.75, 3.05) is 13.2 Å². The van der Waals surface area contributed by atoms with E-state index in [1.807, 2.05) is 19.1 Å². The van der Waals surface area contributed by atoms with Gasteiger partial charge in [-0.1, -0.05) is 35.3 Å². The van der Waals surface area contributed by atoms with Crippen molar-refractivity contribution in [1.82, 2.24) is 15.1 Å². The van der Waals surface area contributed by atoms with Gasteiger partial charge in [-0.25, -0.2) is 4.79 Å². The minimum atomic E-state index is -0.557. The third-order valence-electron chi connectivity index (χ3n) is 3.43. The van der Waals surface area contributed by atoms with Gasteiger partial charge >= 0.3 is 6.09 Å². The summed E-state index contributed by atoms with van der Waals surface area (Å²) in [4.78, 5) is 24.0. The first kappa shape index (κ1) is 22.0. The number of hydrogen-bond acceptors (Lipinski definition) is 5. The van der Waals surface area contributed by atoms with Crippen LogP contribution in [0.2, 0.25) is 10.0 Å². The third kappa shape index (κ3) is 6.14. The average molecular weight is 428 g/mol. The number of halogens is 2. The second-order valence-electron chi connectivity index (χ2n) is 7.12. The van der Waals surface area contributed by atoms with Crippen LogP contribution in [0.15, 0.2) is 29.1 Å². The van der Waals surface area contributed by atoms with Gasteiger partial charge in [0.1, 0.15) is 15.6 Å². The van der Waals surface area contributed by atoms with Crippen LogP contribution in [0, 0.1) is 6.92 Å². The Balaban J connectivity index is 2.02. The SMILES string of the molecule is Cc1cccc(-n2nc(OCCCNC(=O)OC(C)(C)C)c(Cl)c(Cl)c2=O)c1. The van der Waals surface area contributed by atoms with Crippen molar-refractivity contribution >= 4 is 29.3 Å². The molecule has 1 N–H and O–H groups in total. The number of amides is 1. The van der Waals surface area contributed by atoms with E-state index in [2.05, 4.69) is 10.4 Å². The third-order valence-corrected chi connectivity index (χ3v) is 4.22. The van der Waals surface area contributed by atoms with Crippen molar-refractivity contribution in [2.45, 2.75) is 39.7 Å². The second-order valence-corrected chi connectivity index (χ2v) is 7.88. The van der Waals surface area contributed by atoms with Crippen LogP contribution in [0.1, 0.15) is 32.8 Å². The van der Waals surface area contributed by atoms with Gasteiger partial charge < -0.3 is 14.8 Å². The number of ether oxygens (including phenoxy) is 2. The number of aromatic nitrogens is 2. The quantitative estimate of drug-likeness (QED) is 0.700. The summed E-state index contributed by atoms with van der Waals surface area (Å²) < 4.78 is 11.9. The van der Waals surface area contributed by atoms with Crippen molar-refractivity contribution in [3.05, 3.63) is 50.2 Å². The maximum absolute atomic E-state index is 12.4. The molecule has 2 rings (SSSR count). The maximum Gasteiger partial charge on any atom is 0.407 e. The molecule has 1 amide bonds.